The minimum Gasteiger partial charge on any atom is -0.481 e. The molecule has 1 aromatic heterocycles. The lowest BCUT2D eigenvalue weighted by atomic mass is 10.1. The van der Waals surface area contributed by atoms with E-state index in [0.717, 1.165) is 18.9 Å². The van der Waals surface area contributed by atoms with Crippen molar-refractivity contribution in [1.82, 2.24) is 14.9 Å². The molecular formula is C12H21N5O. The van der Waals surface area contributed by atoms with Gasteiger partial charge in [0.15, 0.2) is 0 Å². The maximum Gasteiger partial charge on any atom is 0.225 e. The third kappa shape index (κ3) is 3.01. The average Bonchev–Trinajstić information content (AvgIpc) is 2.73. The van der Waals surface area contributed by atoms with Crippen molar-refractivity contribution in [2.24, 2.45) is 5.92 Å². The first-order chi connectivity index (χ1) is 8.58. The van der Waals surface area contributed by atoms with Gasteiger partial charge in [0.25, 0.3) is 0 Å². The van der Waals surface area contributed by atoms with Crippen LogP contribution in [0.15, 0.2) is 6.07 Å². The Labute approximate surface area is 108 Å². The number of hydrogen-bond acceptors (Lipinski definition) is 6. The molecule has 100 valence electrons. The van der Waals surface area contributed by atoms with Gasteiger partial charge < -0.3 is 20.3 Å². The standard InChI is InChI=1S/C12H21N5O/c1-16-5-4-9(7-16)8-17(2)10-6-11(18-3)15-12(13)14-10/h6,9H,4-5,7-8H2,1-3H3,(H2,13,14,15). The highest BCUT2D eigenvalue weighted by atomic mass is 16.5. The Kier molecular flexibility index (Phi) is 3.86. The summed E-state index contributed by atoms with van der Waals surface area (Å²) in [5.74, 6) is 2.25. The van der Waals surface area contributed by atoms with E-state index in [9.17, 15) is 0 Å². The van der Waals surface area contributed by atoms with Crippen LogP contribution in [0.2, 0.25) is 0 Å². The fourth-order valence-corrected chi connectivity index (χ4v) is 2.39. The molecular weight excluding hydrogens is 230 g/mol. The van der Waals surface area contributed by atoms with Gasteiger partial charge in [0.05, 0.1) is 7.11 Å². The van der Waals surface area contributed by atoms with E-state index in [-0.39, 0.29) is 5.95 Å². The first-order valence-electron chi connectivity index (χ1n) is 6.16. The smallest absolute Gasteiger partial charge is 0.225 e. The van der Waals surface area contributed by atoms with E-state index in [4.69, 9.17) is 10.5 Å². The number of aromatic nitrogens is 2. The van der Waals surface area contributed by atoms with E-state index in [1.54, 1.807) is 7.11 Å². The number of nitrogen functional groups attached to an aromatic ring is 1. The van der Waals surface area contributed by atoms with E-state index >= 15 is 0 Å². The summed E-state index contributed by atoms with van der Waals surface area (Å²) in [6, 6.07) is 1.81. The second-order valence-corrected chi connectivity index (χ2v) is 4.92. The number of nitrogens with two attached hydrogens (primary N) is 1. The summed E-state index contributed by atoms with van der Waals surface area (Å²) in [4.78, 5) is 12.7. The van der Waals surface area contributed by atoms with Crippen LogP contribution in [0.3, 0.4) is 0 Å². The minimum atomic E-state index is 0.250. The van der Waals surface area contributed by atoms with E-state index in [1.165, 1.54) is 13.0 Å². The fourth-order valence-electron chi connectivity index (χ4n) is 2.39. The molecule has 6 heteroatoms. The van der Waals surface area contributed by atoms with Crippen molar-refractivity contribution in [3.8, 4) is 5.88 Å². The van der Waals surface area contributed by atoms with Crippen LogP contribution in [0.5, 0.6) is 5.88 Å². The second-order valence-electron chi connectivity index (χ2n) is 4.92. The van der Waals surface area contributed by atoms with Crippen LogP contribution in [-0.2, 0) is 0 Å². The molecule has 6 nitrogen and oxygen atoms in total. The van der Waals surface area contributed by atoms with Gasteiger partial charge in [-0.15, -0.1) is 0 Å². The SMILES string of the molecule is COc1cc(N(C)CC2CCN(C)C2)nc(N)n1. The Morgan fingerprint density at radius 1 is 1.56 bits per heavy atom. The summed E-state index contributed by atoms with van der Waals surface area (Å²) in [6.45, 7) is 3.29. The van der Waals surface area contributed by atoms with Gasteiger partial charge in [-0.1, -0.05) is 0 Å². The van der Waals surface area contributed by atoms with Gasteiger partial charge >= 0.3 is 0 Å². The van der Waals surface area contributed by atoms with Gasteiger partial charge in [-0.2, -0.15) is 9.97 Å². The number of anilines is 2. The molecule has 2 rings (SSSR count). The number of likely N-dealkylation sites (tertiary alicyclic amines) is 1. The average molecular weight is 251 g/mol. The van der Waals surface area contributed by atoms with E-state index in [2.05, 4.69) is 26.8 Å². The quantitative estimate of drug-likeness (QED) is 0.838. The van der Waals surface area contributed by atoms with Crippen molar-refractivity contribution in [3.05, 3.63) is 6.07 Å². The third-order valence-corrected chi connectivity index (χ3v) is 3.33. The van der Waals surface area contributed by atoms with Crippen LogP contribution in [0.4, 0.5) is 11.8 Å². The predicted octanol–water partition coefficient (Wildman–Crippen LogP) is 0.455. The molecule has 1 fully saturated rings. The number of methoxy groups -OCH3 is 1. The van der Waals surface area contributed by atoms with Crippen LogP contribution in [0.25, 0.3) is 0 Å². The van der Waals surface area contributed by atoms with Crippen LogP contribution in [0, 0.1) is 5.92 Å². The number of hydrogen-bond donors (Lipinski definition) is 1. The van der Waals surface area contributed by atoms with Crippen molar-refractivity contribution >= 4 is 11.8 Å². The highest BCUT2D eigenvalue weighted by molar-refractivity contribution is 5.44. The topological polar surface area (TPSA) is 67.5 Å². The van der Waals surface area contributed by atoms with E-state index in [0.29, 0.717) is 11.8 Å². The fraction of sp³-hybridized carbons (Fsp3) is 0.667. The number of ether oxygens (including phenoxy) is 1. The first kappa shape index (κ1) is 12.9. The van der Waals surface area contributed by atoms with Crippen LogP contribution in [0.1, 0.15) is 6.42 Å². The lowest BCUT2D eigenvalue weighted by Crippen LogP contribution is -2.28. The Balaban J connectivity index is 2.03. The molecule has 0 aromatic carbocycles. The van der Waals surface area contributed by atoms with Crippen molar-refractivity contribution in [2.75, 3.05) is 51.5 Å². The Morgan fingerprint density at radius 2 is 2.33 bits per heavy atom. The maximum absolute atomic E-state index is 5.67. The molecule has 2 N–H and O–H groups in total. The van der Waals surface area contributed by atoms with Crippen LogP contribution in [-0.4, -0.2) is 55.7 Å². The van der Waals surface area contributed by atoms with Crippen molar-refractivity contribution < 1.29 is 4.74 Å². The van der Waals surface area contributed by atoms with Crippen LogP contribution >= 0.6 is 0 Å². The number of rotatable bonds is 4. The molecule has 0 spiro atoms. The molecule has 0 aliphatic carbocycles. The molecule has 18 heavy (non-hydrogen) atoms. The summed E-state index contributed by atoms with van der Waals surface area (Å²) in [5, 5.41) is 0. The largest absolute Gasteiger partial charge is 0.481 e. The summed E-state index contributed by atoms with van der Waals surface area (Å²) in [6.07, 6.45) is 1.23. The van der Waals surface area contributed by atoms with E-state index in [1.807, 2.05) is 13.1 Å². The summed E-state index contributed by atoms with van der Waals surface area (Å²) < 4.78 is 5.11. The molecule has 0 saturated carbocycles. The number of nitrogens with zero attached hydrogens (tertiary/aromatic N) is 4. The summed E-state index contributed by atoms with van der Waals surface area (Å²) in [7, 11) is 5.77. The molecule has 1 aromatic rings. The molecule has 0 radical (unpaired) electrons. The zero-order chi connectivity index (χ0) is 13.1. The lowest BCUT2D eigenvalue weighted by molar-refractivity contribution is 0.394. The zero-order valence-electron chi connectivity index (χ0n) is 11.3. The maximum atomic E-state index is 5.67. The molecule has 1 atom stereocenters. The first-order valence-corrected chi connectivity index (χ1v) is 6.16. The van der Waals surface area contributed by atoms with Crippen molar-refractivity contribution in [1.29, 1.82) is 0 Å². The molecule has 2 heterocycles. The van der Waals surface area contributed by atoms with Crippen molar-refractivity contribution in [3.63, 3.8) is 0 Å². The highest BCUT2D eigenvalue weighted by Crippen LogP contribution is 2.21. The molecule has 1 aliphatic heterocycles. The summed E-state index contributed by atoms with van der Waals surface area (Å²) in [5.41, 5.74) is 5.67. The van der Waals surface area contributed by atoms with Gasteiger partial charge in [0, 0.05) is 26.2 Å². The summed E-state index contributed by atoms with van der Waals surface area (Å²) >= 11 is 0. The molecule has 0 amide bonds. The third-order valence-electron chi connectivity index (χ3n) is 3.33. The molecule has 1 aliphatic rings. The van der Waals surface area contributed by atoms with Gasteiger partial charge in [-0.3, -0.25) is 0 Å². The molecule has 0 bridgehead atoms. The van der Waals surface area contributed by atoms with Gasteiger partial charge in [0.1, 0.15) is 5.82 Å². The van der Waals surface area contributed by atoms with E-state index < -0.39 is 0 Å². The van der Waals surface area contributed by atoms with Gasteiger partial charge in [-0.05, 0) is 25.9 Å². The van der Waals surface area contributed by atoms with Gasteiger partial charge in [0.2, 0.25) is 11.8 Å². The second kappa shape index (κ2) is 5.39. The Morgan fingerprint density at radius 3 is 2.94 bits per heavy atom. The highest BCUT2D eigenvalue weighted by Gasteiger charge is 2.21. The van der Waals surface area contributed by atoms with Crippen molar-refractivity contribution in [2.45, 2.75) is 6.42 Å². The van der Waals surface area contributed by atoms with Crippen LogP contribution < -0.4 is 15.4 Å². The normalized spacial score (nSPS) is 20.1. The predicted molar refractivity (Wildman–Crippen MR) is 71.9 cm³/mol. The Hall–Kier alpha value is -1.56. The molecule has 1 saturated heterocycles. The minimum absolute atomic E-state index is 0.250. The Bertz CT molecular complexity index is 411. The lowest BCUT2D eigenvalue weighted by Gasteiger charge is -2.22. The monoisotopic (exact) mass is 251 g/mol. The zero-order valence-corrected chi connectivity index (χ0v) is 11.3. The van der Waals surface area contributed by atoms with Gasteiger partial charge in [-0.25, -0.2) is 0 Å². The molecule has 1 unspecified atom stereocenters.